The molecule has 0 N–H and O–H groups in total. The second-order valence-electron chi connectivity index (χ2n) is 3.85. The van der Waals surface area contributed by atoms with Crippen molar-refractivity contribution in [1.82, 2.24) is 4.90 Å². The van der Waals surface area contributed by atoms with Gasteiger partial charge in [0.05, 0.1) is 12.3 Å². The van der Waals surface area contributed by atoms with Crippen LogP contribution in [0, 0.1) is 12.3 Å². The largest absolute Gasteiger partial charge is 0.334 e. The van der Waals surface area contributed by atoms with Crippen molar-refractivity contribution in [1.29, 1.82) is 0 Å². The maximum Gasteiger partial charge on any atom is 0.233 e. The topological polar surface area (TPSA) is 20.3 Å². The number of amides is 1. The van der Waals surface area contributed by atoms with Crippen molar-refractivity contribution in [2.75, 3.05) is 19.3 Å². The number of thioether (sulfide) groups is 1. The number of carbonyl (C=O) groups excluding carboxylic acids is 1. The average molecular weight is 199 g/mol. The van der Waals surface area contributed by atoms with Gasteiger partial charge in [0.25, 0.3) is 0 Å². The van der Waals surface area contributed by atoms with Crippen LogP contribution in [0.15, 0.2) is 0 Å². The highest BCUT2D eigenvalue weighted by molar-refractivity contribution is 8.01. The first-order valence-electron chi connectivity index (χ1n) is 4.18. The SMILES string of the molecule is C#CCN(C)C(=O)CSC(C)(C)C. The summed E-state index contributed by atoms with van der Waals surface area (Å²) in [6.07, 6.45) is 5.10. The Balaban J connectivity index is 3.83. The second kappa shape index (κ2) is 5.18. The molecule has 0 saturated heterocycles. The summed E-state index contributed by atoms with van der Waals surface area (Å²) in [6.45, 7) is 6.66. The first kappa shape index (κ1) is 12.4. The molecule has 0 aromatic rings. The highest BCUT2D eigenvalue weighted by Gasteiger charge is 2.15. The standard InChI is InChI=1S/C10H17NOS/c1-6-7-11(5)9(12)8-13-10(2,3)4/h1H,7-8H2,2-5H3. The van der Waals surface area contributed by atoms with E-state index in [4.69, 9.17) is 6.42 Å². The molecule has 0 aliphatic heterocycles. The number of nitrogens with zero attached hydrogens (tertiary/aromatic N) is 1. The van der Waals surface area contributed by atoms with Crippen LogP contribution in [0.25, 0.3) is 0 Å². The Bertz CT molecular complexity index is 212. The maximum atomic E-state index is 11.4. The van der Waals surface area contributed by atoms with E-state index in [2.05, 4.69) is 26.7 Å². The van der Waals surface area contributed by atoms with Crippen molar-refractivity contribution in [3.63, 3.8) is 0 Å². The molecule has 74 valence electrons. The molecule has 0 saturated carbocycles. The van der Waals surface area contributed by atoms with Crippen LogP contribution in [0.2, 0.25) is 0 Å². The van der Waals surface area contributed by atoms with Gasteiger partial charge in [0.2, 0.25) is 5.91 Å². The van der Waals surface area contributed by atoms with E-state index in [-0.39, 0.29) is 10.7 Å². The van der Waals surface area contributed by atoms with Crippen LogP contribution in [0.1, 0.15) is 20.8 Å². The summed E-state index contributed by atoms with van der Waals surface area (Å²) in [4.78, 5) is 13.0. The molecule has 0 bridgehead atoms. The summed E-state index contributed by atoms with van der Waals surface area (Å²) in [5.74, 6) is 3.04. The van der Waals surface area contributed by atoms with Crippen LogP contribution >= 0.6 is 11.8 Å². The average Bonchev–Trinajstić information content (AvgIpc) is 1.99. The fraction of sp³-hybridized carbons (Fsp3) is 0.700. The molecule has 0 aromatic carbocycles. The van der Waals surface area contributed by atoms with E-state index in [0.717, 1.165) is 0 Å². The minimum absolute atomic E-state index is 0.0953. The lowest BCUT2D eigenvalue weighted by molar-refractivity contribution is -0.126. The summed E-state index contributed by atoms with van der Waals surface area (Å²) in [5, 5.41) is 0. The third-order valence-corrected chi connectivity index (χ3v) is 2.64. The van der Waals surface area contributed by atoms with Gasteiger partial charge in [0.1, 0.15) is 0 Å². The van der Waals surface area contributed by atoms with Gasteiger partial charge in [0, 0.05) is 11.8 Å². The van der Waals surface area contributed by atoms with E-state index >= 15 is 0 Å². The Labute approximate surface area is 85.1 Å². The van der Waals surface area contributed by atoms with E-state index < -0.39 is 0 Å². The molecule has 0 radical (unpaired) electrons. The van der Waals surface area contributed by atoms with E-state index in [1.54, 1.807) is 23.7 Å². The second-order valence-corrected chi connectivity index (χ2v) is 5.66. The van der Waals surface area contributed by atoms with Crippen molar-refractivity contribution in [2.45, 2.75) is 25.5 Å². The molecule has 0 aliphatic rings. The Morgan fingerprint density at radius 1 is 1.54 bits per heavy atom. The zero-order valence-corrected chi connectivity index (χ0v) is 9.57. The molecular weight excluding hydrogens is 182 g/mol. The van der Waals surface area contributed by atoms with Gasteiger partial charge >= 0.3 is 0 Å². The third-order valence-electron chi connectivity index (χ3n) is 1.38. The molecule has 0 aromatic heterocycles. The molecule has 3 heteroatoms. The molecule has 0 atom stereocenters. The summed E-state index contributed by atoms with van der Waals surface area (Å²) in [5.41, 5.74) is 0. The van der Waals surface area contributed by atoms with Crippen LogP contribution in [-0.2, 0) is 4.79 Å². The van der Waals surface area contributed by atoms with E-state index in [1.807, 2.05) is 0 Å². The first-order chi connectivity index (χ1) is 5.87. The zero-order chi connectivity index (χ0) is 10.5. The van der Waals surface area contributed by atoms with E-state index in [0.29, 0.717) is 12.3 Å². The van der Waals surface area contributed by atoms with Gasteiger partial charge in [-0.15, -0.1) is 18.2 Å². The van der Waals surface area contributed by atoms with Gasteiger partial charge < -0.3 is 4.90 Å². The maximum absolute atomic E-state index is 11.4. The van der Waals surface area contributed by atoms with Crippen molar-refractivity contribution in [3.8, 4) is 12.3 Å². The molecular formula is C10H17NOS. The van der Waals surface area contributed by atoms with Crippen molar-refractivity contribution in [3.05, 3.63) is 0 Å². The summed E-state index contributed by atoms with van der Waals surface area (Å²) in [7, 11) is 1.73. The van der Waals surface area contributed by atoms with Gasteiger partial charge in [-0.2, -0.15) is 0 Å². The number of rotatable bonds is 3. The Morgan fingerprint density at radius 3 is 2.46 bits per heavy atom. The zero-order valence-electron chi connectivity index (χ0n) is 8.76. The summed E-state index contributed by atoms with van der Waals surface area (Å²) in [6, 6.07) is 0. The van der Waals surface area contributed by atoms with Crippen molar-refractivity contribution in [2.24, 2.45) is 0 Å². The number of terminal acetylenes is 1. The molecule has 1 amide bonds. The molecule has 2 nitrogen and oxygen atoms in total. The van der Waals surface area contributed by atoms with Gasteiger partial charge in [-0.05, 0) is 0 Å². The lowest BCUT2D eigenvalue weighted by Crippen LogP contribution is -2.29. The van der Waals surface area contributed by atoms with Gasteiger partial charge in [-0.1, -0.05) is 26.7 Å². The molecule has 0 aliphatic carbocycles. The fourth-order valence-corrected chi connectivity index (χ4v) is 1.39. The van der Waals surface area contributed by atoms with Crippen LogP contribution in [0.5, 0.6) is 0 Å². The van der Waals surface area contributed by atoms with E-state index in [1.165, 1.54) is 0 Å². The first-order valence-corrected chi connectivity index (χ1v) is 5.17. The lowest BCUT2D eigenvalue weighted by Gasteiger charge is -2.19. The Morgan fingerprint density at radius 2 is 2.08 bits per heavy atom. The highest BCUT2D eigenvalue weighted by atomic mass is 32.2. The Hall–Kier alpha value is -0.620. The monoisotopic (exact) mass is 199 g/mol. The smallest absolute Gasteiger partial charge is 0.233 e. The van der Waals surface area contributed by atoms with Gasteiger partial charge in [-0.3, -0.25) is 4.79 Å². The molecule has 0 spiro atoms. The fourth-order valence-electron chi connectivity index (χ4n) is 0.614. The van der Waals surface area contributed by atoms with Crippen LogP contribution in [-0.4, -0.2) is 34.9 Å². The molecule has 13 heavy (non-hydrogen) atoms. The quantitative estimate of drug-likeness (QED) is 0.644. The molecule has 0 rings (SSSR count). The number of hydrogen-bond donors (Lipinski definition) is 0. The predicted molar refractivity (Wildman–Crippen MR) is 58.7 cm³/mol. The van der Waals surface area contributed by atoms with Crippen LogP contribution in [0.4, 0.5) is 0 Å². The summed E-state index contributed by atoms with van der Waals surface area (Å²) >= 11 is 1.64. The lowest BCUT2D eigenvalue weighted by atomic mass is 10.3. The third kappa shape index (κ3) is 6.53. The summed E-state index contributed by atoms with van der Waals surface area (Å²) < 4.78 is 0.132. The normalized spacial score (nSPS) is 10.7. The molecule has 0 heterocycles. The van der Waals surface area contributed by atoms with Crippen LogP contribution < -0.4 is 0 Å². The number of carbonyl (C=O) groups is 1. The van der Waals surface area contributed by atoms with E-state index in [9.17, 15) is 4.79 Å². The number of hydrogen-bond acceptors (Lipinski definition) is 2. The van der Waals surface area contributed by atoms with Crippen molar-refractivity contribution >= 4 is 17.7 Å². The minimum Gasteiger partial charge on any atom is -0.334 e. The predicted octanol–water partition coefficient (Wildman–Crippen LogP) is 1.61. The molecule has 0 fully saturated rings. The van der Waals surface area contributed by atoms with Crippen molar-refractivity contribution < 1.29 is 4.79 Å². The van der Waals surface area contributed by atoms with Gasteiger partial charge in [-0.25, -0.2) is 0 Å². The highest BCUT2D eigenvalue weighted by Crippen LogP contribution is 2.22. The van der Waals surface area contributed by atoms with Gasteiger partial charge in [0.15, 0.2) is 0 Å². The van der Waals surface area contributed by atoms with Crippen LogP contribution in [0.3, 0.4) is 0 Å². The Kier molecular flexibility index (Phi) is 4.94. The minimum atomic E-state index is 0.0953. The molecule has 0 unspecified atom stereocenters.